The van der Waals surface area contributed by atoms with Gasteiger partial charge in [-0.15, -0.1) is 0 Å². The SMILES string of the molecule is CC(Nc1nccc(N(C=O)CC2(N(C)C)COC2)n1)c1cn(-c2ccc(C(F)(F)F)cc2)cn1. The molecule has 1 aliphatic heterocycles. The van der Waals surface area contributed by atoms with Gasteiger partial charge in [0.2, 0.25) is 12.4 Å². The number of alkyl halides is 3. The summed E-state index contributed by atoms with van der Waals surface area (Å²) in [6, 6.07) is 6.20. The van der Waals surface area contributed by atoms with E-state index in [1.807, 2.05) is 25.9 Å². The molecule has 1 fully saturated rings. The second kappa shape index (κ2) is 9.62. The lowest BCUT2D eigenvalue weighted by Gasteiger charge is -2.48. The minimum absolute atomic E-state index is 0.266. The van der Waals surface area contributed by atoms with Gasteiger partial charge in [0.1, 0.15) is 5.82 Å². The van der Waals surface area contributed by atoms with E-state index in [2.05, 4.69) is 20.3 Å². The van der Waals surface area contributed by atoms with Crippen LogP contribution in [0, 0.1) is 0 Å². The van der Waals surface area contributed by atoms with E-state index in [0.29, 0.717) is 42.9 Å². The zero-order chi connectivity index (χ0) is 25.2. The fourth-order valence-corrected chi connectivity index (χ4v) is 3.69. The van der Waals surface area contributed by atoms with E-state index < -0.39 is 11.7 Å². The number of halogens is 3. The van der Waals surface area contributed by atoms with E-state index in [0.717, 1.165) is 18.5 Å². The molecule has 3 aromatic rings. The Balaban J connectivity index is 1.45. The number of benzene rings is 1. The fraction of sp³-hybridized carbons (Fsp3) is 0.391. The number of imidazole rings is 1. The Labute approximate surface area is 200 Å². The van der Waals surface area contributed by atoms with Crippen LogP contribution < -0.4 is 10.2 Å². The second-order valence-corrected chi connectivity index (χ2v) is 8.70. The summed E-state index contributed by atoms with van der Waals surface area (Å²) in [5, 5.41) is 3.16. The van der Waals surface area contributed by atoms with Crippen molar-refractivity contribution in [3.05, 3.63) is 60.3 Å². The summed E-state index contributed by atoms with van der Waals surface area (Å²) in [6.07, 6.45) is 1.17. The molecule has 0 spiro atoms. The van der Waals surface area contributed by atoms with Crippen LogP contribution in [0.25, 0.3) is 5.69 Å². The molecule has 1 aliphatic rings. The molecule has 1 amide bonds. The molecule has 1 unspecified atom stereocenters. The summed E-state index contributed by atoms with van der Waals surface area (Å²) < 4.78 is 45.4. The number of aromatic nitrogens is 4. The molecule has 1 atom stereocenters. The zero-order valence-electron chi connectivity index (χ0n) is 19.5. The van der Waals surface area contributed by atoms with E-state index >= 15 is 0 Å². The van der Waals surface area contributed by atoms with Gasteiger partial charge in [-0.2, -0.15) is 18.2 Å². The minimum Gasteiger partial charge on any atom is -0.377 e. The number of nitrogens with zero attached hydrogens (tertiary/aromatic N) is 6. The molecule has 0 bridgehead atoms. The molecule has 2 aromatic heterocycles. The van der Waals surface area contributed by atoms with Crippen LogP contribution in [-0.2, 0) is 15.7 Å². The summed E-state index contributed by atoms with van der Waals surface area (Å²) >= 11 is 0. The Morgan fingerprint density at radius 2 is 1.91 bits per heavy atom. The lowest BCUT2D eigenvalue weighted by atomic mass is 9.95. The van der Waals surface area contributed by atoms with E-state index in [1.165, 1.54) is 23.4 Å². The molecule has 12 heteroatoms. The third kappa shape index (κ3) is 5.28. The number of hydrogen-bond acceptors (Lipinski definition) is 7. The van der Waals surface area contributed by atoms with Gasteiger partial charge in [0.15, 0.2) is 0 Å². The highest BCUT2D eigenvalue weighted by molar-refractivity contribution is 5.73. The number of ether oxygens (including phenoxy) is 1. The number of carbonyl (C=O) groups excluding carboxylic acids is 1. The molecular formula is C23H26F3N7O2. The Morgan fingerprint density at radius 1 is 1.20 bits per heavy atom. The number of likely N-dealkylation sites (N-methyl/N-ethyl adjacent to an activating group) is 1. The second-order valence-electron chi connectivity index (χ2n) is 8.70. The van der Waals surface area contributed by atoms with Crippen molar-refractivity contribution in [3.8, 4) is 5.69 Å². The number of anilines is 2. The highest BCUT2D eigenvalue weighted by Gasteiger charge is 2.42. The normalized spacial score (nSPS) is 16.0. The Hall–Kier alpha value is -3.51. The van der Waals surface area contributed by atoms with Gasteiger partial charge in [0, 0.05) is 24.6 Å². The molecule has 1 aromatic carbocycles. The molecule has 0 saturated carbocycles. The van der Waals surface area contributed by atoms with Gasteiger partial charge in [0.05, 0.1) is 42.4 Å². The molecule has 35 heavy (non-hydrogen) atoms. The van der Waals surface area contributed by atoms with E-state index in [4.69, 9.17) is 4.74 Å². The van der Waals surface area contributed by atoms with E-state index in [-0.39, 0.29) is 11.6 Å². The Kier molecular flexibility index (Phi) is 6.77. The summed E-state index contributed by atoms with van der Waals surface area (Å²) in [6.45, 7) is 3.34. The predicted molar refractivity (Wildman–Crippen MR) is 123 cm³/mol. The molecule has 1 saturated heterocycles. The van der Waals surface area contributed by atoms with Crippen LogP contribution in [0.15, 0.2) is 49.1 Å². The summed E-state index contributed by atoms with van der Waals surface area (Å²) in [5.41, 5.74) is 0.222. The van der Waals surface area contributed by atoms with Crippen LogP contribution in [0.2, 0.25) is 0 Å². The standard InChI is InChI=1S/C23H26F3N7O2/c1-16(19-10-32(14-28-19)18-6-4-17(5-7-18)23(24,25)26)29-21-27-9-8-20(30-21)33(15-34)11-22(31(2)3)12-35-13-22/h4-10,14-16H,11-13H2,1-3H3,(H,27,29,30). The largest absolute Gasteiger partial charge is 0.416 e. The smallest absolute Gasteiger partial charge is 0.377 e. The monoisotopic (exact) mass is 489 g/mol. The van der Waals surface area contributed by atoms with Gasteiger partial charge in [-0.05, 0) is 51.4 Å². The van der Waals surface area contributed by atoms with Crippen LogP contribution in [-0.4, -0.2) is 70.2 Å². The van der Waals surface area contributed by atoms with Crippen LogP contribution in [0.5, 0.6) is 0 Å². The first-order valence-corrected chi connectivity index (χ1v) is 10.9. The highest BCUT2D eigenvalue weighted by atomic mass is 19.4. The van der Waals surface area contributed by atoms with Crippen molar-refractivity contribution in [3.63, 3.8) is 0 Å². The van der Waals surface area contributed by atoms with Crippen LogP contribution in [0.1, 0.15) is 24.2 Å². The maximum Gasteiger partial charge on any atom is 0.416 e. The van der Waals surface area contributed by atoms with Crippen molar-refractivity contribution in [1.82, 2.24) is 24.4 Å². The first-order chi connectivity index (χ1) is 16.6. The zero-order valence-corrected chi connectivity index (χ0v) is 19.5. The van der Waals surface area contributed by atoms with Crippen molar-refractivity contribution in [2.45, 2.75) is 24.7 Å². The van der Waals surface area contributed by atoms with E-state index in [9.17, 15) is 18.0 Å². The van der Waals surface area contributed by atoms with Gasteiger partial charge in [-0.25, -0.2) is 9.97 Å². The third-order valence-electron chi connectivity index (χ3n) is 6.10. The van der Waals surface area contributed by atoms with Gasteiger partial charge < -0.3 is 14.6 Å². The van der Waals surface area contributed by atoms with Crippen molar-refractivity contribution < 1.29 is 22.7 Å². The molecule has 0 radical (unpaired) electrons. The predicted octanol–water partition coefficient (Wildman–Crippen LogP) is 3.15. The Bertz CT molecular complexity index is 1160. The molecule has 4 rings (SSSR count). The van der Waals surface area contributed by atoms with Crippen LogP contribution in [0.3, 0.4) is 0 Å². The van der Waals surface area contributed by atoms with Crippen molar-refractivity contribution >= 4 is 18.2 Å². The number of nitrogens with one attached hydrogen (secondary N) is 1. The molecular weight excluding hydrogens is 463 g/mol. The molecule has 9 nitrogen and oxygen atoms in total. The van der Waals surface area contributed by atoms with Crippen molar-refractivity contribution in [1.29, 1.82) is 0 Å². The Morgan fingerprint density at radius 3 is 2.49 bits per heavy atom. The first-order valence-electron chi connectivity index (χ1n) is 10.9. The van der Waals surface area contributed by atoms with E-state index in [1.54, 1.807) is 23.0 Å². The average molecular weight is 490 g/mol. The summed E-state index contributed by atoms with van der Waals surface area (Å²) in [4.78, 5) is 28.5. The number of hydrogen-bond donors (Lipinski definition) is 1. The average Bonchev–Trinajstić information content (AvgIpc) is 3.29. The quantitative estimate of drug-likeness (QED) is 0.462. The van der Waals surface area contributed by atoms with Gasteiger partial charge in [0.25, 0.3) is 0 Å². The molecule has 1 N–H and O–H groups in total. The number of rotatable bonds is 9. The number of amides is 1. The molecule has 186 valence electrons. The lowest BCUT2D eigenvalue weighted by Crippen LogP contribution is -2.65. The maximum atomic E-state index is 12.8. The minimum atomic E-state index is -4.39. The lowest BCUT2D eigenvalue weighted by molar-refractivity contribution is -0.137. The van der Waals surface area contributed by atoms with Crippen molar-refractivity contribution in [2.24, 2.45) is 0 Å². The first kappa shape index (κ1) is 24.6. The van der Waals surface area contributed by atoms with Gasteiger partial charge >= 0.3 is 6.18 Å². The molecule has 3 heterocycles. The van der Waals surface area contributed by atoms with Gasteiger partial charge in [-0.3, -0.25) is 14.6 Å². The van der Waals surface area contributed by atoms with Gasteiger partial charge in [-0.1, -0.05) is 0 Å². The summed E-state index contributed by atoms with van der Waals surface area (Å²) in [7, 11) is 3.90. The molecule has 0 aliphatic carbocycles. The van der Waals surface area contributed by atoms with Crippen LogP contribution in [0.4, 0.5) is 24.9 Å². The van der Waals surface area contributed by atoms with Crippen LogP contribution >= 0.6 is 0 Å². The summed E-state index contributed by atoms with van der Waals surface area (Å²) in [5.74, 6) is 0.766. The topological polar surface area (TPSA) is 88.4 Å². The van der Waals surface area contributed by atoms with Crippen molar-refractivity contribution in [2.75, 3.05) is 44.1 Å². The highest BCUT2D eigenvalue weighted by Crippen LogP contribution is 2.30. The number of carbonyl (C=O) groups is 1. The maximum absolute atomic E-state index is 12.8. The third-order valence-corrected chi connectivity index (χ3v) is 6.10. The fourth-order valence-electron chi connectivity index (χ4n) is 3.69.